The van der Waals surface area contributed by atoms with Crippen molar-refractivity contribution in [1.82, 2.24) is 0 Å². The van der Waals surface area contributed by atoms with Crippen LogP contribution >= 0.6 is 22.7 Å². The summed E-state index contributed by atoms with van der Waals surface area (Å²) in [6.07, 6.45) is 0.742. The fourth-order valence-corrected chi connectivity index (χ4v) is 4.90. The summed E-state index contributed by atoms with van der Waals surface area (Å²) in [5, 5.41) is 13.9. The van der Waals surface area contributed by atoms with Gasteiger partial charge >= 0.3 is 11.0 Å². The number of nitro groups is 1. The second-order valence-electron chi connectivity index (χ2n) is 5.91. The van der Waals surface area contributed by atoms with Crippen LogP contribution in [0.25, 0.3) is 0 Å². The molecule has 3 heterocycles. The maximum atomic E-state index is 12.5. The van der Waals surface area contributed by atoms with E-state index in [1.807, 2.05) is 0 Å². The first-order chi connectivity index (χ1) is 12.4. The van der Waals surface area contributed by atoms with E-state index in [1.54, 1.807) is 6.92 Å². The average molecular weight is 396 g/mol. The number of carbonyl (C=O) groups is 2. The molecule has 0 fully saturated rings. The van der Waals surface area contributed by atoms with Gasteiger partial charge in [-0.2, -0.15) is 0 Å². The summed E-state index contributed by atoms with van der Waals surface area (Å²) in [5.41, 5.74) is 1.35. The third kappa shape index (κ3) is 3.62. The lowest BCUT2D eigenvalue weighted by Crippen LogP contribution is -3.08. The van der Waals surface area contributed by atoms with Gasteiger partial charge in [0.15, 0.2) is 0 Å². The Morgan fingerprint density at radius 2 is 2.15 bits per heavy atom. The summed E-state index contributed by atoms with van der Waals surface area (Å²) >= 11 is 2.17. The molecule has 0 saturated heterocycles. The number of carbonyl (C=O) groups excluding carboxylic acids is 2. The Kier molecular flexibility index (Phi) is 5.35. The number of anilines is 1. The first kappa shape index (κ1) is 18.5. The van der Waals surface area contributed by atoms with E-state index in [0.29, 0.717) is 10.6 Å². The Hall–Kier alpha value is -2.30. The first-order valence-corrected chi connectivity index (χ1v) is 9.72. The highest BCUT2D eigenvalue weighted by molar-refractivity contribution is 7.18. The van der Waals surface area contributed by atoms with E-state index in [2.05, 4.69) is 12.4 Å². The lowest BCUT2D eigenvalue weighted by molar-refractivity contribution is -0.895. The number of fused-ring (bicyclic) bond motifs is 1. The number of thiophene rings is 2. The zero-order valence-corrected chi connectivity index (χ0v) is 15.9. The van der Waals surface area contributed by atoms with Gasteiger partial charge in [0, 0.05) is 12.5 Å². The number of hydrogen-bond acceptors (Lipinski definition) is 7. The first-order valence-electron chi connectivity index (χ1n) is 8.09. The fraction of sp³-hybridized carbons (Fsp3) is 0.375. The van der Waals surface area contributed by atoms with Crippen LogP contribution in [-0.4, -0.2) is 37.0 Å². The molecule has 0 aliphatic carbocycles. The Balaban J connectivity index is 1.91. The summed E-state index contributed by atoms with van der Waals surface area (Å²) in [4.78, 5) is 37.8. The van der Waals surface area contributed by atoms with Gasteiger partial charge in [-0.25, -0.2) is 4.79 Å². The van der Waals surface area contributed by atoms with Crippen LogP contribution in [0.2, 0.25) is 0 Å². The molecule has 1 unspecified atom stereocenters. The summed E-state index contributed by atoms with van der Waals surface area (Å²) < 4.78 is 5.17. The van der Waals surface area contributed by atoms with Crippen molar-refractivity contribution in [2.75, 3.05) is 25.5 Å². The number of likely N-dealkylation sites (N-methyl/N-ethyl adjacent to an activating group) is 1. The molecule has 26 heavy (non-hydrogen) atoms. The van der Waals surface area contributed by atoms with Gasteiger partial charge in [-0.05, 0) is 18.6 Å². The number of quaternary nitrogens is 1. The molecule has 1 aliphatic rings. The highest BCUT2D eigenvalue weighted by atomic mass is 32.1. The summed E-state index contributed by atoms with van der Waals surface area (Å²) in [6, 6.07) is 2.71. The smallest absolute Gasteiger partial charge is 0.341 e. The number of amides is 1. The molecular weight excluding hydrogens is 378 g/mol. The number of ether oxygens (including phenoxy) is 1. The highest BCUT2D eigenvalue weighted by Gasteiger charge is 2.30. The predicted molar refractivity (Wildman–Crippen MR) is 98.4 cm³/mol. The van der Waals surface area contributed by atoms with Crippen LogP contribution in [0.1, 0.15) is 37.4 Å². The van der Waals surface area contributed by atoms with Crippen LogP contribution in [0.15, 0.2) is 12.1 Å². The van der Waals surface area contributed by atoms with Gasteiger partial charge in [0.25, 0.3) is 5.91 Å². The summed E-state index contributed by atoms with van der Waals surface area (Å²) in [5.74, 6) is -0.912. The second kappa shape index (κ2) is 7.52. The highest BCUT2D eigenvalue weighted by Crippen LogP contribution is 2.36. The molecule has 10 heteroatoms. The maximum absolute atomic E-state index is 12.5. The molecule has 0 bridgehead atoms. The van der Waals surface area contributed by atoms with Crippen LogP contribution in [0.5, 0.6) is 0 Å². The van der Waals surface area contributed by atoms with Gasteiger partial charge in [0.2, 0.25) is 0 Å². The molecule has 8 nitrogen and oxygen atoms in total. The third-order valence-electron chi connectivity index (χ3n) is 4.06. The maximum Gasteiger partial charge on any atom is 0.341 e. The molecule has 2 aromatic rings. The minimum atomic E-state index is -0.534. The molecule has 1 atom stereocenters. The van der Waals surface area contributed by atoms with Crippen LogP contribution < -0.4 is 10.2 Å². The Labute approximate surface area is 157 Å². The van der Waals surface area contributed by atoms with Crippen molar-refractivity contribution in [3.63, 3.8) is 0 Å². The van der Waals surface area contributed by atoms with E-state index in [9.17, 15) is 19.7 Å². The van der Waals surface area contributed by atoms with Gasteiger partial charge in [0.05, 0.1) is 40.4 Å². The zero-order valence-electron chi connectivity index (χ0n) is 14.3. The molecule has 1 amide bonds. The van der Waals surface area contributed by atoms with E-state index in [0.717, 1.165) is 41.3 Å². The van der Waals surface area contributed by atoms with Crippen molar-refractivity contribution in [3.05, 3.63) is 43.1 Å². The summed E-state index contributed by atoms with van der Waals surface area (Å²) in [6.45, 7) is 3.67. The standard InChI is InChI=1S/C16H17N3O5S2/c1-3-24-16(21)13-9-6-7-18(2)8-11(9)26-15(13)17-14(20)10-4-5-12(25-10)19(22)23/h4-5H,3,6-8H2,1-2H3,(H,17,20)/p+1. The number of hydrogen-bond donors (Lipinski definition) is 2. The van der Waals surface area contributed by atoms with Gasteiger partial charge in [-0.15, -0.1) is 11.3 Å². The van der Waals surface area contributed by atoms with Crippen molar-refractivity contribution in [1.29, 1.82) is 0 Å². The molecule has 0 radical (unpaired) electrons. The van der Waals surface area contributed by atoms with E-state index in [-0.39, 0.29) is 16.5 Å². The largest absolute Gasteiger partial charge is 0.462 e. The number of nitrogens with zero attached hydrogens (tertiary/aromatic N) is 1. The predicted octanol–water partition coefficient (Wildman–Crippen LogP) is 1.72. The van der Waals surface area contributed by atoms with E-state index < -0.39 is 16.8 Å². The molecule has 0 aromatic carbocycles. The fourth-order valence-electron chi connectivity index (χ4n) is 2.84. The molecular formula is C16H18N3O5S2+. The van der Waals surface area contributed by atoms with Crippen molar-refractivity contribution in [2.24, 2.45) is 0 Å². The molecule has 0 saturated carbocycles. The molecule has 2 aromatic heterocycles. The quantitative estimate of drug-likeness (QED) is 0.455. The SMILES string of the molecule is CCOC(=O)c1c(NC(=O)c2ccc([N+](=O)[O-])s2)sc2c1CC[NH+](C)C2. The van der Waals surface area contributed by atoms with Crippen molar-refractivity contribution in [2.45, 2.75) is 19.9 Å². The molecule has 2 N–H and O–H groups in total. The topological polar surface area (TPSA) is 103 Å². The van der Waals surface area contributed by atoms with Crippen LogP contribution in [0, 0.1) is 10.1 Å². The van der Waals surface area contributed by atoms with Crippen molar-refractivity contribution in [3.8, 4) is 0 Å². The van der Waals surface area contributed by atoms with Crippen LogP contribution in [0.4, 0.5) is 10.0 Å². The second-order valence-corrected chi connectivity index (χ2v) is 8.08. The Morgan fingerprint density at radius 3 is 2.81 bits per heavy atom. The number of esters is 1. The molecule has 0 spiro atoms. The van der Waals surface area contributed by atoms with Crippen LogP contribution in [-0.2, 0) is 17.7 Å². The Bertz CT molecular complexity index is 873. The monoisotopic (exact) mass is 396 g/mol. The van der Waals surface area contributed by atoms with Gasteiger partial charge in [0.1, 0.15) is 11.5 Å². The van der Waals surface area contributed by atoms with E-state index in [1.165, 1.54) is 28.4 Å². The minimum absolute atomic E-state index is 0.100. The third-order valence-corrected chi connectivity index (χ3v) is 6.24. The van der Waals surface area contributed by atoms with E-state index in [4.69, 9.17) is 4.74 Å². The number of nitrogens with one attached hydrogen (secondary N) is 2. The van der Waals surface area contributed by atoms with Gasteiger partial charge < -0.3 is 15.0 Å². The van der Waals surface area contributed by atoms with Crippen molar-refractivity contribution < 1.29 is 24.1 Å². The van der Waals surface area contributed by atoms with Crippen molar-refractivity contribution >= 4 is 44.6 Å². The van der Waals surface area contributed by atoms with E-state index >= 15 is 0 Å². The average Bonchev–Trinajstić information content (AvgIpc) is 3.19. The normalized spacial score (nSPS) is 16.0. The van der Waals surface area contributed by atoms with Gasteiger partial charge in [-0.3, -0.25) is 14.9 Å². The zero-order chi connectivity index (χ0) is 18.8. The lowest BCUT2D eigenvalue weighted by atomic mass is 10.0. The number of rotatable bonds is 5. The van der Waals surface area contributed by atoms with Gasteiger partial charge in [-0.1, -0.05) is 11.3 Å². The Morgan fingerprint density at radius 1 is 1.38 bits per heavy atom. The molecule has 1 aliphatic heterocycles. The van der Waals surface area contributed by atoms with Crippen LogP contribution in [0.3, 0.4) is 0 Å². The minimum Gasteiger partial charge on any atom is -0.462 e. The summed E-state index contributed by atoms with van der Waals surface area (Å²) in [7, 11) is 2.08. The molecule has 3 rings (SSSR count). The lowest BCUT2D eigenvalue weighted by Gasteiger charge is -2.19. The molecule has 138 valence electrons.